The van der Waals surface area contributed by atoms with Crippen LogP contribution in [0, 0.1) is 0 Å². The van der Waals surface area contributed by atoms with Crippen LogP contribution < -0.4 is 5.32 Å². The summed E-state index contributed by atoms with van der Waals surface area (Å²) >= 11 is 0. The van der Waals surface area contributed by atoms with Crippen LogP contribution in [0.5, 0.6) is 0 Å². The van der Waals surface area contributed by atoms with Gasteiger partial charge in [0.1, 0.15) is 13.2 Å². The van der Waals surface area contributed by atoms with Crippen molar-refractivity contribution in [2.24, 2.45) is 0 Å². The van der Waals surface area contributed by atoms with Crippen LogP contribution in [0.3, 0.4) is 0 Å². The number of nitrogens with one attached hydrogen (secondary N) is 1. The molecular formula is C25H27N3O6. The van der Waals surface area contributed by atoms with Crippen molar-refractivity contribution in [2.45, 2.75) is 25.3 Å². The van der Waals surface area contributed by atoms with Crippen molar-refractivity contribution in [3.63, 3.8) is 0 Å². The van der Waals surface area contributed by atoms with Gasteiger partial charge in [0.2, 0.25) is 11.8 Å². The average molecular weight is 466 g/mol. The summed E-state index contributed by atoms with van der Waals surface area (Å²) in [4.78, 5) is 50.4. The highest BCUT2D eigenvalue weighted by Gasteiger charge is 2.30. The van der Waals surface area contributed by atoms with Crippen LogP contribution in [0.25, 0.3) is 11.1 Å². The summed E-state index contributed by atoms with van der Waals surface area (Å²) in [7, 11) is 0. The monoisotopic (exact) mass is 465 g/mol. The molecule has 3 amide bonds. The molecule has 1 saturated heterocycles. The lowest BCUT2D eigenvalue weighted by molar-refractivity contribution is -0.150. The van der Waals surface area contributed by atoms with E-state index in [0.717, 1.165) is 22.3 Å². The fraction of sp³-hybridized carbons (Fsp3) is 0.360. The van der Waals surface area contributed by atoms with Crippen LogP contribution in [0.2, 0.25) is 0 Å². The predicted molar refractivity (Wildman–Crippen MR) is 123 cm³/mol. The van der Waals surface area contributed by atoms with Crippen molar-refractivity contribution in [1.82, 2.24) is 15.1 Å². The maximum Gasteiger partial charge on any atom is 0.407 e. The highest BCUT2D eigenvalue weighted by Crippen LogP contribution is 2.44. The molecular weight excluding hydrogens is 438 g/mol. The zero-order chi connectivity index (χ0) is 24.2. The predicted octanol–water partition coefficient (Wildman–Crippen LogP) is 2.06. The molecule has 0 saturated carbocycles. The molecule has 2 aliphatic rings. The molecule has 1 atom stereocenters. The second kappa shape index (κ2) is 9.94. The normalized spacial score (nSPS) is 16.0. The average Bonchev–Trinajstić information content (AvgIpc) is 3.12. The van der Waals surface area contributed by atoms with Crippen molar-refractivity contribution >= 4 is 23.9 Å². The van der Waals surface area contributed by atoms with E-state index in [1.165, 1.54) is 9.80 Å². The van der Waals surface area contributed by atoms with E-state index in [1.54, 1.807) is 6.92 Å². The molecule has 0 radical (unpaired) electrons. The standard InChI is InChI=1S/C25H27N3O6/c1-16(12-22(29)27-10-11-28(14-24(31)32)23(30)13-27)26-25(33)34-15-21-19-8-4-2-6-17(19)18-7-3-5-9-20(18)21/h2-9,16,21H,10-15H2,1H3,(H,26,33)(H,31,32)/t16-/m1/s1. The third kappa shape index (κ3) is 5.03. The van der Waals surface area contributed by atoms with Crippen molar-refractivity contribution in [1.29, 1.82) is 0 Å². The zero-order valence-electron chi connectivity index (χ0n) is 18.9. The number of alkyl carbamates (subject to hydrolysis) is 1. The first-order valence-corrected chi connectivity index (χ1v) is 11.2. The molecule has 2 aromatic rings. The zero-order valence-corrected chi connectivity index (χ0v) is 18.9. The van der Waals surface area contributed by atoms with Crippen LogP contribution in [-0.4, -0.2) is 77.6 Å². The lowest BCUT2D eigenvalue weighted by Gasteiger charge is -2.34. The number of carbonyl (C=O) groups excluding carboxylic acids is 3. The van der Waals surface area contributed by atoms with Crippen molar-refractivity contribution in [3.05, 3.63) is 59.7 Å². The van der Waals surface area contributed by atoms with E-state index < -0.39 is 24.0 Å². The Morgan fingerprint density at radius 2 is 1.68 bits per heavy atom. The number of fused-ring (bicyclic) bond motifs is 3. The van der Waals surface area contributed by atoms with Crippen LogP contribution in [-0.2, 0) is 19.1 Å². The first kappa shape index (κ1) is 23.3. The molecule has 0 aromatic heterocycles. The van der Waals surface area contributed by atoms with Gasteiger partial charge in [0.15, 0.2) is 0 Å². The molecule has 178 valence electrons. The molecule has 0 bridgehead atoms. The molecule has 1 fully saturated rings. The van der Waals surface area contributed by atoms with E-state index in [0.29, 0.717) is 0 Å². The van der Waals surface area contributed by atoms with E-state index in [2.05, 4.69) is 17.4 Å². The number of hydrogen-bond acceptors (Lipinski definition) is 5. The van der Waals surface area contributed by atoms with Gasteiger partial charge < -0.3 is 25.0 Å². The second-order valence-corrected chi connectivity index (χ2v) is 8.60. The van der Waals surface area contributed by atoms with Gasteiger partial charge in [-0.05, 0) is 29.2 Å². The number of benzene rings is 2. The van der Waals surface area contributed by atoms with Crippen LogP contribution >= 0.6 is 0 Å². The van der Waals surface area contributed by atoms with Crippen LogP contribution in [0.1, 0.15) is 30.4 Å². The largest absolute Gasteiger partial charge is 0.480 e. The fourth-order valence-corrected chi connectivity index (χ4v) is 4.54. The number of carboxylic acid groups (broad SMARTS) is 1. The molecule has 34 heavy (non-hydrogen) atoms. The van der Waals surface area contributed by atoms with Gasteiger partial charge in [-0.15, -0.1) is 0 Å². The molecule has 2 N–H and O–H groups in total. The summed E-state index contributed by atoms with van der Waals surface area (Å²) in [5, 5.41) is 11.5. The number of ether oxygens (including phenoxy) is 1. The van der Waals surface area contributed by atoms with Crippen molar-refractivity contribution < 1.29 is 29.0 Å². The Balaban J connectivity index is 1.27. The molecule has 9 heteroatoms. The molecule has 9 nitrogen and oxygen atoms in total. The van der Waals surface area contributed by atoms with Crippen LogP contribution in [0.4, 0.5) is 4.79 Å². The van der Waals surface area contributed by atoms with Gasteiger partial charge in [0.25, 0.3) is 0 Å². The van der Waals surface area contributed by atoms with Gasteiger partial charge in [0, 0.05) is 31.5 Å². The first-order valence-electron chi connectivity index (χ1n) is 11.2. The number of hydrogen-bond donors (Lipinski definition) is 2. The number of aliphatic carboxylic acids is 1. The van der Waals surface area contributed by atoms with Gasteiger partial charge in [-0.1, -0.05) is 48.5 Å². The Morgan fingerprint density at radius 3 is 2.26 bits per heavy atom. The summed E-state index contributed by atoms with van der Waals surface area (Å²) in [5.41, 5.74) is 4.52. The quantitative estimate of drug-likeness (QED) is 0.647. The van der Waals surface area contributed by atoms with Gasteiger partial charge in [-0.25, -0.2) is 4.79 Å². The summed E-state index contributed by atoms with van der Waals surface area (Å²) in [6.07, 6.45) is -0.597. The Morgan fingerprint density at radius 1 is 1.06 bits per heavy atom. The van der Waals surface area contributed by atoms with Gasteiger partial charge in [-0.3, -0.25) is 14.4 Å². The number of amides is 3. The van der Waals surface area contributed by atoms with Gasteiger partial charge in [-0.2, -0.15) is 0 Å². The number of carboxylic acids is 1. The summed E-state index contributed by atoms with van der Waals surface area (Å²) in [5.74, 6) is -1.83. The summed E-state index contributed by atoms with van der Waals surface area (Å²) < 4.78 is 5.51. The van der Waals surface area contributed by atoms with E-state index >= 15 is 0 Å². The van der Waals surface area contributed by atoms with Gasteiger partial charge in [0.05, 0.1) is 6.54 Å². The summed E-state index contributed by atoms with van der Waals surface area (Å²) in [6.45, 7) is 1.77. The topological polar surface area (TPSA) is 116 Å². The van der Waals surface area contributed by atoms with Crippen molar-refractivity contribution in [3.8, 4) is 11.1 Å². The number of nitrogens with zero attached hydrogens (tertiary/aromatic N) is 2. The lowest BCUT2D eigenvalue weighted by Crippen LogP contribution is -2.54. The van der Waals surface area contributed by atoms with Gasteiger partial charge >= 0.3 is 12.1 Å². The van der Waals surface area contributed by atoms with E-state index in [4.69, 9.17) is 9.84 Å². The number of carbonyl (C=O) groups is 4. The van der Waals surface area contributed by atoms with E-state index in [-0.39, 0.29) is 51.0 Å². The Labute approximate surface area is 197 Å². The van der Waals surface area contributed by atoms with E-state index in [9.17, 15) is 19.2 Å². The number of rotatable bonds is 7. The lowest BCUT2D eigenvalue weighted by atomic mass is 9.98. The smallest absolute Gasteiger partial charge is 0.407 e. The maximum atomic E-state index is 12.6. The Kier molecular flexibility index (Phi) is 6.81. The van der Waals surface area contributed by atoms with Crippen molar-refractivity contribution in [2.75, 3.05) is 32.8 Å². The molecule has 4 rings (SSSR count). The molecule has 0 unspecified atom stereocenters. The maximum absolute atomic E-state index is 12.6. The molecule has 1 aliphatic heterocycles. The van der Waals surface area contributed by atoms with Crippen LogP contribution in [0.15, 0.2) is 48.5 Å². The highest BCUT2D eigenvalue weighted by atomic mass is 16.5. The number of piperazine rings is 1. The summed E-state index contributed by atoms with van der Waals surface area (Å²) in [6, 6.07) is 15.6. The van der Waals surface area contributed by atoms with E-state index in [1.807, 2.05) is 36.4 Å². The Bertz CT molecular complexity index is 1070. The fourth-order valence-electron chi connectivity index (χ4n) is 4.54. The SMILES string of the molecule is C[C@H](CC(=O)N1CCN(CC(=O)O)C(=O)C1)NC(=O)OCC1c2ccccc2-c2ccccc21. The third-order valence-electron chi connectivity index (χ3n) is 6.19. The minimum Gasteiger partial charge on any atom is -0.480 e. The molecule has 2 aromatic carbocycles. The molecule has 1 aliphatic carbocycles. The minimum atomic E-state index is -1.09. The second-order valence-electron chi connectivity index (χ2n) is 8.60. The molecule has 1 heterocycles. The Hall–Kier alpha value is -3.88. The molecule has 0 spiro atoms. The first-order chi connectivity index (χ1) is 16.3. The highest BCUT2D eigenvalue weighted by molar-refractivity contribution is 5.88. The minimum absolute atomic E-state index is 0.0103. The third-order valence-corrected chi connectivity index (χ3v) is 6.19.